The van der Waals surface area contributed by atoms with E-state index in [1.165, 1.54) is 7.11 Å². The first-order valence-corrected chi connectivity index (χ1v) is 6.00. The number of aldehydes is 1. The van der Waals surface area contributed by atoms with E-state index in [0.29, 0.717) is 11.8 Å². The summed E-state index contributed by atoms with van der Waals surface area (Å²) in [6.45, 7) is -0.367. The van der Waals surface area contributed by atoms with E-state index in [9.17, 15) is 19.5 Å². The van der Waals surface area contributed by atoms with Gasteiger partial charge in [-0.05, 0) is 12.1 Å². The van der Waals surface area contributed by atoms with Crippen LogP contribution in [0.5, 0.6) is 0 Å². The average molecular weight is 280 g/mol. The van der Waals surface area contributed by atoms with E-state index >= 15 is 0 Å². The molecule has 20 heavy (non-hydrogen) atoms. The van der Waals surface area contributed by atoms with Gasteiger partial charge in [-0.2, -0.15) is 0 Å². The number of esters is 2. The Morgan fingerprint density at radius 2 is 1.95 bits per heavy atom. The molecule has 0 saturated carbocycles. The molecule has 0 heterocycles. The van der Waals surface area contributed by atoms with E-state index < -0.39 is 24.0 Å². The Morgan fingerprint density at radius 3 is 2.50 bits per heavy atom. The Labute approximate surface area is 116 Å². The first-order chi connectivity index (χ1) is 9.58. The Kier molecular flexibility index (Phi) is 6.39. The maximum absolute atomic E-state index is 11.6. The zero-order valence-electron chi connectivity index (χ0n) is 11.0. The molecule has 1 rings (SSSR count). The monoisotopic (exact) mass is 280 g/mol. The predicted molar refractivity (Wildman–Crippen MR) is 68.9 cm³/mol. The second-order valence-electron chi connectivity index (χ2n) is 4.11. The highest BCUT2D eigenvalue weighted by molar-refractivity contribution is 5.89. The van der Waals surface area contributed by atoms with E-state index in [4.69, 9.17) is 4.74 Å². The molecule has 108 valence electrons. The fourth-order valence-corrected chi connectivity index (χ4v) is 1.49. The molecule has 0 fully saturated rings. The third kappa shape index (κ3) is 4.81. The number of hydrogen-bond donors (Lipinski definition) is 1. The van der Waals surface area contributed by atoms with E-state index in [1.807, 2.05) is 0 Å². The summed E-state index contributed by atoms with van der Waals surface area (Å²) >= 11 is 0. The molecule has 0 aliphatic heterocycles. The zero-order chi connectivity index (χ0) is 15.0. The number of carbonyl (C=O) groups is 3. The molecule has 6 heteroatoms. The molecule has 2 atom stereocenters. The second-order valence-corrected chi connectivity index (χ2v) is 4.11. The maximum atomic E-state index is 11.6. The van der Waals surface area contributed by atoms with Gasteiger partial charge in [0.05, 0.1) is 31.1 Å². The number of methoxy groups -OCH3 is 1. The van der Waals surface area contributed by atoms with Crippen molar-refractivity contribution >= 4 is 18.2 Å². The lowest BCUT2D eigenvalue weighted by Gasteiger charge is -2.16. The van der Waals surface area contributed by atoms with Gasteiger partial charge in [-0.1, -0.05) is 18.2 Å². The van der Waals surface area contributed by atoms with Crippen molar-refractivity contribution in [3.05, 3.63) is 35.9 Å². The molecule has 1 N–H and O–H groups in total. The summed E-state index contributed by atoms with van der Waals surface area (Å²) in [4.78, 5) is 33.5. The lowest BCUT2D eigenvalue weighted by atomic mass is 10.0. The van der Waals surface area contributed by atoms with Crippen LogP contribution < -0.4 is 0 Å². The Hall–Kier alpha value is -2.21. The van der Waals surface area contributed by atoms with Crippen LogP contribution in [0.3, 0.4) is 0 Å². The molecule has 1 aromatic carbocycles. The van der Waals surface area contributed by atoms with Crippen LogP contribution in [0, 0.1) is 5.92 Å². The third-order valence-electron chi connectivity index (χ3n) is 2.69. The zero-order valence-corrected chi connectivity index (χ0v) is 11.0. The molecular formula is C14H16O6. The summed E-state index contributed by atoms with van der Waals surface area (Å²) in [5.41, 5.74) is 0.343. The minimum Gasteiger partial charge on any atom is -0.469 e. The molecule has 0 spiro atoms. The second kappa shape index (κ2) is 8.06. The minimum atomic E-state index is -1.25. The van der Waals surface area contributed by atoms with Gasteiger partial charge in [0.25, 0.3) is 0 Å². The number of rotatable bonds is 7. The van der Waals surface area contributed by atoms with Crippen molar-refractivity contribution in [2.24, 2.45) is 5.92 Å². The molecule has 6 nitrogen and oxygen atoms in total. The molecule has 0 aromatic heterocycles. The van der Waals surface area contributed by atoms with Gasteiger partial charge in [0, 0.05) is 0 Å². The smallest absolute Gasteiger partial charge is 0.338 e. The van der Waals surface area contributed by atoms with Gasteiger partial charge < -0.3 is 19.4 Å². The van der Waals surface area contributed by atoms with Crippen molar-refractivity contribution in [2.75, 3.05) is 13.7 Å². The van der Waals surface area contributed by atoms with Gasteiger partial charge in [-0.15, -0.1) is 0 Å². The fraction of sp³-hybridized carbons (Fsp3) is 0.357. The number of benzene rings is 1. The predicted octanol–water partition coefficient (Wildman–Crippen LogP) is 0.582. The average Bonchev–Trinajstić information content (AvgIpc) is 2.50. The SMILES string of the molecule is COC(=O)C[C@H](C=O)[C@H](O)COC(=O)c1ccccc1. The van der Waals surface area contributed by atoms with Crippen molar-refractivity contribution in [2.45, 2.75) is 12.5 Å². The quantitative estimate of drug-likeness (QED) is 0.580. The lowest BCUT2D eigenvalue weighted by Crippen LogP contribution is -2.30. The highest BCUT2D eigenvalue weighted by Gasteiger charge is 2.23. The normalized spacial score (nSPS) is 13.1. The van der Waals surface area contributed by atoms with Crippen LogP contribution in [-0.2, 0) is 19.1 Å². The van der Waals surface area contributed by atoms with Crippen LogP contribution in [-0.4, -0.2) is 43.2 Å². The van der Waals surface area contributed by atoms with Crippen LogP contribution >= 0.6 is 0 Å². The van der Waals surface area contributed by atoms with Gasteiger partial charge in [0.1, 0.15) is 12.9 Å². The number of hydrogen-bond acceptors (Lipinski definition) is 6. The summed E-state index contributed by atoms with van der Waals surface area (Å²) in [6.07, 6.45) is -1.07. The van der Waals surface area contributed by atoms with Crippen molar-refractivity contribution in [1.29, 1.82) is 0 Å². The number of aliphatic hydroxyl groups is 1. The van der Waals surface area contributed by atoms with Crippen molar-refractivity contribution in [1.82, 2.24) is 0 Å². The minimum absolute atomic E-state index is 0.260. The fourth-order valence-electron chi connectivity index (χ4n) is 1.49. The van der Waals surface area contributed by atoms with Gasteiger partial charge in [0.2, 0.25) is 0 Å². The lowest BCUT2D eigenvalue weighted by molar-refractivity contribution is -0.144. The highest BCUT2D eigenvalue weighted by Crippen LogP contribution is 2.09. The summed E-state index contributed by atoms with van der Waals surface area (Å²) in [7, 11) is 1.19. The topological polar surface area (TPSA) is 89.9 Å². The van der Waals surface area contributed by atoms with Gasteiger partial charge in [-0.25, -0.2) is 4.79 Å². The molecule has 0 bridgehead atoms. The summed E-state index contributed by atoms with van der Waals surface area (Å²) in [5.74, 6) is -2.19. The van der Waals surface area contributed by atoms with Crippen molar-refractivity contribution in [3.63, 3.8) is 0 Å². The first-order valence-electron chi connectivity index (χ1n) is 6.00. The largest absolute Gasteiger partial charge is 0.469 e. The third-order valence-corrected chi connectivity index (χ3v) is 2.69. The van der Waals surface area contributed by atoms with Crippen LogP contribution in [0.2, 0.25) is 0 Å². The van der Waals surface area contributed by atoms with E-state index in [2.05, 4.69) is 4.74 Å². The highest BCUT2D eigenvalue weighted by atomic mass is 16.5. The van der Waals surface area contributed by atoms with Crippen LogP contribution in [0.15, 0.2) is 30.3 Å². The van der Waals surface area contributed by atoms with Crippen molar-refractivity contribution < 1.29 is 29.0 Å². The molecule has 0 amide bonds. The summed E-state index contributed by atoms with van der Waals surface area (Å²) in [5, 5.41) is 9.73. The van der Waals surface area contributed by atoms with E-state index in [0.717, 1.165) is 0 Å². The summed E-state index contributed by atoms with van der Waals surface area (Å²) in [6, 6.07) is 8.25. The Bertz CT molecular complexity index is 456. The molecule has 0 saturated heterocycles. The molecule has 0 radical (unpaired) electrons. The van der Waals surface area contributed by atoms with Crippen LogP contribution in [0.25, 0.3) is 0 Å². The summed E-state index contributed by atoms with van der Waals surface area (Å²) < 4.78 is 9.30. The maximum Gasteiger partial charge on any atom is 0.338 e. The number of aliphatic hydroxyl groups excluding tert-OH is 1. The number of ether oxygens (including phenoxy) is 2. The molecular weight excluding hydrogens is 264 g/mol. The van der Waals surface area contributed by atoms with Crippen LogP contribution in [0.1, 0.15) is 16.8 Å². The van der Waals surface area contributed by atoms with Crippen LogP contribution in [0.4, 0.5) is 0 Å². The van der Waals surface area contributed by atoms with Gasteiger partial charge in [-0.3, -0.25) is 4.79 Å². The van der Waals surface area contributed by atoms with Gasteiger partial charge in [0.15, 0.2) is 0 Å². The Morgan fingerprint density at radius 1 is 1.30 bits per heavy atom. The first kappa shape index (κ1) is 15.8. The molecule has 0 unspecified atom stereocenters. The molecule has 0 aliphatic carbocycles. The standard InChI is InChI=1S/C14H16O6/c1-19-13(17)7-11(8-15)12(16)9-20-14(18)10-5-3-2-4-6-10/h2-6,8,11-12,16H,7,9H2,1H3/t11-,12-/m1/s1. The Balaban J connectivity index is 2.49. The van der Waals surface area contributed by atoms with E-state index in [1.54, 1.807) is 30.3 Å². The van der Waals surface area contributed by atoms with Crippen molar-refractivity contribution in [3.8, 4) is 0 Å². The molecule has 0 aliphatic rings. The molecule has 1 aromatic rings. The van der Waals surface area contributed by atoms with E-state index in [-0.39, 0.29) is 13.0 Å². The van der Waals surface area contributed by atoms with Gasteiger partial charge >= 0.3 is 11.9 Å². The number of carbonyl (C=O) groups excluding carboxylic acids is 3.